The average molecular weight is 363 g/mol. The summed E-state index contributed by atoms with van der Waals surface area (Å²) in [4.78, 5) is 22.9. The van der Waals surface area contributed by atoms with E-state index in [9.17, 15) is 18.0 Å². The second-order valence-corrected chi connectivity index (χ2v) is 6.72. The molecule has 0 aromatic heterocycles. The molecule has 0 aliphatic rings. The molecule has 2 aromatic rings. The lowest BCUT2D eigenvalue weighted by molar-refractivity contribution is 0.203. The Bertz CT molecular complexity index is 862. The van der Waals surface area contributed by atoms with Crippen molar-refractivity contribution in [2.75, 3.05) is 12.4 Å². The maximum Gasteiger partial charge on any atom is 0.412 e. The first-order valence-electron chi connectivity index (χ1n) is 7.20. The summed E-state index contributed by atoms with van der Waals surface area (Å²) in [5, 5.41) is 4.69. The van der Waals surface area contributed by atoms with Gasteiger partial charge in [-0.1, -0.05) is 17.7 Å². The standard InChI is InChI=1S/C16H17N3O5S/c1-11-3-9-14(10-4-11)25(22,23)19-15(20)18-12-5-7-13(8-6-12)24-16(21)17-2/h3-10H,1-2H3,(H,17,21)(H2,18,19,20). The van der Waals surface area contributed by atoms with Crippen LogP contribution in [0.25, 0.3) is 0 Å². The molecule has 132 valence electrons. The molecule has 0 unspecified atom stereocenters. The van der Waals surface area contributed by atoms with E-state index >= 15 is 0 Å². The van der Waals surface area contributed by atoms with Crippen molar-refractivity contribution in [3.05, 3.63) is 54.1 Å². The summed E-state index contributed by atoms with van der Waals surface area (Å²) < 4.78 is 31.1. The number of urea groups is 1. The molecule has 0 aliphatic carbocycles. The van der Waals surface area contributed by atoms with Gasteiger partial charge in [-0.25, -0.2) is 22.7 Å². The van der Waals surface area contributed by atoms with Crippen LogP contribution in [0.5, 0.6) is 5.75 Å². The zero-order valence-corrected chi connectivity index (χ0v) is 14.4. The molecule has 0 saturated carbocycles. The highest BCUT2D eigenvalue weighted by Gasteiger charge is 2.17. The van der Waals surface area contributed by atoms with Crippen molar-refractivity contribution in [1.82, 2.24) is 10.0 Å². The quantitative estimate of drug-likeness (QED) is 0.771. The van der Waals surface area contributed by atoms with Crippen LogP contribution in [0, 0.1) is 6.92 Å². The van der Waals surface area contributed by atoms with Crippen LogP contribution in [-0.4, -0.2) is 27.6 Å². The van der Waals surface area contributed by atoms with Crippen LogP contribution in [0.15, 0.2) is 53.4 Å². The van der Waals surface area contributed by atoms with Crippen molar-refractivity contribution >= 4 is 27.8 Å². The summed E-state index contributed by atoms with van der Waals surface area (Å²) >= 11 is 0. The van der Waals surface area contributed by atoms with Gasteiger partial charge in [-0.15, -0.1) is 0 Å². The number of aryl methyl sites for hydroxylation is 1. The fourth-order valence-electron chi connectivity index (χ4n) is 1.82. The van der Waals surface area contributed by atoms with E-state index in [0.29, 0.717) is 5.69 Å². The number of carbonyl (C=O) groups is 2. The van der Waals surface area contributed by atoms with Crippen LogP contribution in [0.3, 0.4) is 0 Å². The Hall–Kier alpha value is -3.07. The highest BCUT2D eigenvalue weighted by molar-refractivity contribution is 7.90. The smallest absolute Gasteiger partial charge is 0.410 e. The van der Waals surface area contributed by atoms with Crippen LogP contribution >= 0.6 is 0 Å². The Morgan fingerprint density at radius 1 is 0.960 bits per heavy atom. The van der Waals surface area contributed by atoms with Gasteiger partial charge in [0.2, 0.25) is 0 Å². The highest BCUT2D eigenvalue weighted by atomic mass is 32.2. The lowest BCUT2D eigenvalue weighted by Crippen LogP contribution is -2.34. The SMILES string of the molecule is CNC(=O)Oc1ccc(NC(=O)NS(=O)(=O)c2ccc(C)cc2)cc1. The molecule has 0 spiro atoms. The molecule has 0 atom stereocenters. The van der Waals surface area contributed by atoms with Gasteiger partial charge in [0, 0.05) is 12.7 Å². The Morgan fingerprint density at radius 3 is 2.12 bits per heavy atom. The van der Waals surface area contributed by atoms with E-state index in [4.69, 9.17) is 4.74 Å². The van der Waals surface area contributed by atoms with Crippen molar-refractivity contribution < 1.29 is 22.7 Å². The zero-order chi connectivity index (χ0) is 18.4. The zero-order valence-electron chi connectivity index (χ0n) is 13.6. The third kappa shape index (κ3) is 5.21. The number of nitrogens with one attached hydrogen (secondary N) is 3. The van der Waals surface area contributed by atoms with E-state index in [1.807, 2.05) is 11.6 Å². The topological polar surface area (TPSA) is 114 Å². The van der Waals surface area contributed by atoms with Gasteiger partial charge in [0.05, 0.1) is 4.90 Å². The second-order valence-electron chi connectivity index (χ2n) is 5.04. The fraction of sp³-hybridized carbons (Fsp3) is 0.125. The predicted octanol–water partition coefficient (Wildman–Crippen LogP) is 2.22. The summed E-state index contributed by atoms with van der Waals surface area (Å²) in [5.41, 5.74) is 1.24. The van der Waals surface area contributed by atoms with Gasteiger partial charge in [-0.3, -0.25) is 0 Å². The van der Waals surface area contributed by atoms with Gasteiger partial charge in [-0.05, 0) is 43.3 Å². The lowest BCUT2D eigenvalue weighted by atomic mass is 10.2. The van der Waals surface area contributed by atoms with Gasteiger partial charge < -0.3 is 15.4 Å². The number of ether oxygens (including phenoxy) is 1. The Morgan fingerprint density at radius 2 is 1.56 bits per heavy atom. The summed E-state index contributed by atoms with van der Waals surface area (Å²) in [7, 11) is -2.54. The second kappa shape index (κ2) is 7.67. The molecule has 3 N–H and O–H groups in total. The van der Waals surface area contributed by atoms with E-state index in [1.165, 1.54) is 43.4 Å². The summed E-state index contributed by atoms with van der Waals surface area (Å²) in [6.07, 6.45) is -0.623. The number of hydrogen-bond acceptors (Lipinski definition) is 5. The van der Waals surface area contributed by atoms with E-state index in [-0.39, 0.29) is 10.6 Å². The summed E-state index contributed by atoms with van der Waals surface area (Å²) in [6.45, 7) is 1.83. The van der Waals surface area contributed by atoms with Gasteiger partial charge in [0.1, 0.15) is 5.75 Å². The highest BCUT2D eigenvalue weighted by Crippen LogP contribution is 2.16. The molecule has 2 aromatic carbocycles. The molecule has 0 saturated heterocycles. The van der Waals surface area contributed by atoms with Crippen LogP contribution in [0.2, 0.25) is 0 Å². The molecule has 0 heterocycles. The number of hydrogen-bond donors (Lipinski definition) is 3. The largest absolute Gasteiger partial charge is 0.412 e. The minimum absolute atomic E-state index is 0.0115. The molecular formula is C16H17N3O5S. The minimum atomic E-state index is -3.96. The third-order valence-electron chi connectivity index (χ3n) is 3.09. The first kappa shape index (κ1) is 18.3. The van der Waals surface area contributed by atoms with Crippen LogP contribution in [-0.2, 0) is 10.0 Å². The third-order valence-corrected chi connectivity index (χ3v) is 4.43. The Labute approximate surface area is 145 Å². The molecule has 0 aliphatic heterocycles. The maximum absolute atomic E-state index is 12.1. The average Bonchev–Trinajstić information content (AvgIpc) is 2.56. The molecule has 0 fully saturated rings. The lowest BCUT2D eigenvalue weighted by Gasteiger charge is -2.09. The van der Waals surface area contributed by atoms with Gasteiger partial charge >= 0.3 is 12.1 Å². The van der Waals surface area contributed by atoms with Gasteiger partial charge in [0.15, 0.2) is 0 Å². The minimum Gasteiger partial charge on any atom is -0.410 e. The number of benzene rings is 2. The summed E-state index contributed by atoms with van der Waals surface area (Å²) in [6, 6.07) is 11.0. The van der Waals surface area contributed by atoms with E-state index in [1.54, 1.807) is 12.1 Å². The molecule has 8 nitrogen and oxygen atoms in total. The first-order valence-corrected chi connectivity index (χ1v) is 8.68. The predicted molar refractivity (Wildman–Crippen MR) is 92.0 cm³/mol. The van der Waals surface area contributed by atoms with Crippen LogP contribution in [0.4, 0.5) is 15.3 Å². The van der Waals surface area contributed by atoms with Gasteiger partial charge in [-0.2, -0.15) is 0 Å². The number of carbonyl (C=O) groups excluding carboxylic acids is 2. The van der Waals surface area contributed by atoms with Crippen molar-refractivity contribution in [3.63, 3.8) is 0 Å². The normalized spacial score (nSPS) is 10.6. The summed E-state index contributed by atoms with van der Waals surface area (Å²) in [5.74, 6) is 0.276. The van der Waals surface area contributed by atoms with Crippen molar-refractivity contribution in [3.8, 4) is 5.75 Å². The number of rotatable bonds is 4. The van der Waals surface area contributed by atoms with Crippen molar-refractivity contribution in [2.45, 2.75) is 11.8 Å². The fourth-order valence-corrected chi connectivity index (χ4v) is 2.73. The Kier molecular flexibility index (Phi) is 5.60. The molecule has 9 heteroatoms. The molecule has 0 bridgehead atoms. The van der Waals surface area contributed by atoms with Crippen LogP contribution in [0.1, 0.15) is 5.56 Å². The molecule has 2 rings (SSSR count). The first-order chi connectivity index (χ1) is 11.8. The number of anilines is 1. The van der Waals surface area contributed by atoms with E-state index in [0.717, 1.165) is 5.56 Å². The van der Waals surface area contributed by atoms with E-state index < -0.39 is 22.1 Å². The molecule has 25 heavy (non-hydrogen) atoms. The molecule has 0 radical (unpaired) electrons. The maximum atomic E-state index is 12.1. The van der Waals surface area contributed by atoms with Crippen molar-refractivity contribution in [1.29, 1.82) is 0 Å². The van der Waals surface area contributed by atoms with Gasteiger partial charge in [0.25, 0.3) is 10.0 Å². The van der Waals surface area contributed by atoms with Crippen LogP contribution < -0.4 is 20.1 Å². The molecule has 3 amide bonds. The number of sulfonamides is 1. The Balaban J connectivity index is 1.99. The molecular weight excluding hydrogens is 346 g/mol. The van der Waals surface area contributed by atoms with Crippen molar-refractivity contribution in [2.24, 2.45) is 0 Å². The number of amides is 3. The monoisotopic (exact) mass is 363 g/mol. The van der Waals surface area contributed by atoms with E-state index in [2.05, 4.69) is 10.6 Å².